The minimum absolute atomic E-state index is 0.488. The van der Waals surface area contributed by atoms with Gasteiger partial charge in [0.15, 0.2) is 0 Å². The minimum atomic E-state index is 0.488. The first kappa shape index (κ1) is 17.3. The van der Waals surface area contributed by atoms with Crippen LogP contribution in [0, 0.1) is 0 Å². The average molecular weight is 300 g/mol. The molecule has 9 heteroatoms. The van der Waals surface area contributed by atoms with Crippen LogP contribution in [0.4, 0.5) is 17.8 Å². The Hall–Kier alpha value is -1.71. The summed E-state index contributed by atoms with van der Waals surface area (Å²) in [6.07, 6.45) is 0. The molecule has 0 aliphatic carbocycles. The second-order valence-electron chi connectivity index (χ2n) is 4.06. The van der Waals surface area contributed by atoms with Gasteiger partial charge in [0.05, 0.1) is 19.8 Å². The van der Waals surface area contributed by atoms with Crippen LogP contribution in [0.25, 0.3) is 0 Å². The van der Waals surface area contributed by atoms with E-state index in [1.54, 1.807) is 21.3 Å². The van der Waals surface area contributed by atoms with E-state index in [4.69, 9.17) is 14.2 Å². The van der Waals surface area contributed by atoms with Crippen molar-refractivity contribution in [1.29, 1.82) is 0 Å². The lowest BCUT2D eigenvalue weighted by Gasteiger charge is -2.10. The lowest BCUT2D eigenvalue weighted by Crippen LogP contribution is -2.17. The lowest BCUT2D eigenvalue weighted by atomic mass is 10.6. The van der Waals surface area contributed by atoms with E-state index in [0.29, 0.717) is 57.3 Å². The molecular formula is C12H24N6O3. The van der Waals surface area contributed by atoms with Gasteiger partial charge in [-0.15, -0.1) is 0 Å². The van der Waals surface area contributed by atoms with Gasteiger partial charge in [0.2, 0.25) is 17.8 Å². The Morgan fingerprint density at radius 3 is 1.14 bits per heavy atom. The van der Waals surface area contributed by atoms with Crippen molar-refractivity contribution in [1.82, 2.24) is 15.0 Å². The molecule has 0 bridgehead atoms. The van der Waals surface area contributed by atoms with Crippen LogP contribution in [-0.2, 0) is 14.2 Å². The Morgan fingerprint density at radius 1 is 0.619 bits per heavy atom. The maximum Gasteiger partial charge on any atom is 0.229 e. The van der Waals surface area contributed by atoms with Gasteiger partial charge in [0.25, 0.3) is 0 Å². The molecular weight excluding hydrogens is 276 g/mol. The normalized spacial score (nSPS) is 10.4. The fourth-order valence-electron chi connectivity index (χ4n) is 1.41. The van der Waals surface area contributed by atoms with Crippen molar-refractivity contribution in [3.05, 3.63) is 0 Å². The number of ether oxygens (including phenoxy) is 3. The van der Waals surface area contributed by atoms with Gasteiger partial charge in [-0.25, -0.2) is 0 Å². The van der Waals surface area contributed by atoms with Crippen LogP contribution in [-0.4, -0.2) is 75.7 Å². The summed E-state index contributed by atoms with van der Waals surface area (Å²) in [4.78, 5) is 12.8. The molecule has 0 spiro atoms. The van der Waals surface area contributed by atoms with E-state index in [1.165, 1.54) is 0 Å². The average Bonchev–Trinajstić information content (AvgIpc) is 2.48. The van der Waals surface area contributed by atoms with Gasteiger partial charge in [-0.1, -0.05) is 0 Å². The van der Waals surface area contributed by atoms with Crippen molar-refractivity contribution < 1.29 is 14.2 Å². The van der Waals surface area contributed by atoms with Crippen molar-refractivity contribution in [2.24, 2.45) is 0 Å². The molecule has 1 aromatic heterocycles. The summed E-state index contributed by atoms with van der Waals surface area (Å²) in [6, 6.07) is 0. The van der Waals surface area contributed by atoms with Crippen molar-refractivity contribution in [2.75, 3.05) is 76.7 Å². The van der Waals surface area contributed by atoms with Crippen LogP contribution in [0.15, 0.2) is 0 Å². The van der Waals surface area contributed by atoms with E-state index >= 15 is 0 Å². The lowest BCUT2D eigenvalue weighted by molar-refractivity contribution is 0.210. The molecule has 3 N–H and O–H groups in total. The first-order chi connectivity index (χ1) is 10.3. The van der Waals surface area contributed by atoms with Crippen LogP contribution >= 0.6 is 0 Å². The molecule has 0 saturated heterocycles. The Kier molecular flexibility index (Phi) is 9.09. The molecule has 0 saturated carbocycles. The predicted octanol–water partition coefficient (Wildman–Crippen LogP) is 0.0465. The number of nitrogens with one attached hydrogen (secondary N) is 3. The van der Waals surface area contributed by atoms with Gasteiger partial charge >= 0.3 is 0 Å². The molecule has 0 amide bonds. The molecule has 120 valence electrons. The van der Waals surface area contributed by atoms with Gasteiger partial charge in [-0.3, -0.25) is 0 Å². The fourth-order valence-corrected chi connectivity index (χ4v) is 1.41. The predicted molar refractivity (Wildman–Crippen MR) is 80.9 cm³/mol. The zero-order valence-electron chi connectivity index (χ0n) is 12.8. The highest BCUT2D eigenvalue weighted by Crippen LogP contribution is 2.08. The van der Waals surface area contributed by atoms with Gasteiger partial charge in [-0.05, 0) is 0 Å². The Balaban J connectivity index is 2.65. The highest BCUT2D eigenvalue weighted by Gasteiger charge is 2.05. The number of methoxy groups -OCH3 is 3. The maximum absolute atomic E-state index is 4.98. The molecule has 0 aliphatic heterocycles. The number of aromatic nitrogens is 3. The molecule has 0 atom stereocenters. The first-order valence-corrected chi connectivity index (χ1v) is 6.74. The third-order valence-electron chi connectivity index (χ3n) is 2.40. The highest BCUT2D eigenvalue weighted by molar-refractivity contribution is 5.42. The molecule has 1 rings (SSSR count). The fraction of sp³-hybridized carbons (Fsp3) is 0.750. The summed E-state index contributed by atoms with van der Waals surface area (Å²) < 4.78 is 15.0. The van der Waals surface area contributed by atoms with E-state index in [2.05, 4.69) is 30.9 Å². The molecule has 0 radical (unpaired) electrons. The largest absolute Gasteiger partial charge is 0.383 e. The molecule has 0 fully saturated rings. The first-order valence-electron chi connectivity index (χ1n) is 6.74. The second-order valence-corrected chi connectivity index (χ2v) is 4.06. The monoisotopic (exact) mass is 300 g/mol. The third-order valence-corrected chi connectivity index (χ3v) is 2.40. The van der Waals surface area contributed by atoms with E-state index in [9.17, 15) is 0 Å². The van der Waals surface area contributed by atoms with Crippen LogP contribution < -0.4 is 16.0 Å². The SMILES string of the molecule is COCCNc1nc(NCCOC)nc(NCCOC)n1. The third kappa shape index (κ3) is 7.59. The summed E-state index contributed by atoms with van der Waals surface area (Å²) in [5, 5.41) is 9.23. The molecule has 9 nitrogen and oxygen atoms in total. The minimum Gasteiger partial charge on any atom is -0.383 e. The number of hydrogen-bond acceptors (Lipinski definition) is 9. The molecule has 0 aliphatic rings. The van der Waals surface area contributed by atoms with Crippen LogP contribution in [0.1, 0.15) is 0 Å². The summed E-state index contributed by atoms with van der Waals surface area (Å²) in [5.41, 5.74) is 0. The molecule has 1 aromatic rings. The van der Waals surface area contributed by atoms with E-state index in [1.807, 2.05) is 0 Å². The Labute approximate surface area is 124 Å². The van der Waals surface area contributed by atoms with Crippen LogP contribution in [0.2, 0.25) is 0 Å². The number of nitrogens with zero attached hydrogens (tertiary/aromatic N) is 3. The topological polar surface area (TPSA) is 102 Å². The summed E-state index contributed by atoms with van der Waals surface area (Å²) in [6.45, 7) is 3.58. The summed E-state index contributed by atoms with van der Waals surface area (Å²) >= 11 is 0. The zero-order valence-corrected chi connectivity index (χ0v) is 12.8. The molecule has 1 heterocycles. The molecule has 21 heavy (non-hydrogen) atoms. The van der Waals surface area contributed by atoms with Crippen molar-refractivity contribution in [2.45, 2.75) is 0 Å². The quantitative estimate of drug-likeness (QED) is 0.462. The zero-order chi connectivity index (χ0) is 15.3. The van der Waals surface area contributed by atoms with E-state index in [0.717, 1.165) is 0 Å². The van der Waals surface area contributed by atoms with E-state index in [-0.39, 0.29) is 0 Å². The Morgan fingerprint density at radius 2 is 0.905 bits per heavy atom. The highest BCUT2D eigenvalue weighted by atomic mass is 16.5. The maximum atomic E-state index is 4.98. The number of anilines is 3. The number of rotatable bonds is 12. The van der Waals surface area contributed by atoms with Gasteiger partial charge < -0.3 is 30.2 Å². The van der Waals surface area contributed by atoms with Crippen molar-refractivity contribution in [3.63, 3.8) is 0 Å². The number of hydrogen-bond donors (Lipinski definition) is 3. The smallest absolute Gasteiger partial charge is 0.229 e. The molecule has 0 aromatic carbocycles. The molecule has 0 unspecified atom stereocenters. The van der Waals surface area contributed by atoms with Crippen molar-refractivity contribution in [3.8, 4) is 0 Å². The summed E-state index contributed by atoms with van der Waals surface area (Å²) in [5.74, 6) is 1.46. The van der Waals surface area contributed by atoms with E-state index < -0.39 is 0 Å². The Bertz CT molecular complexity index is 324. The van der Waals surface area contributed by atoms with Crippen LogP contribution in [0.5, 0.6) is 0 Å². The van der Waals surface area contributed by atoms with Gasteiger partial charge in [-0.2, -0.15) is 15.0 Å². The second kappa shape index (κ2) is 11.0. The summed E-state index contributed by atoms with van der Waals surface area (Å²) in [7, 11) is 4.93. The van der Waals surface area contributed by atoms with Gasteiger partial charge in [0, 0.05) is 41.0 Å². The van der Waals surface area contributed by atoms with Crippen LogP contribution in [0.3, 0.4) is 0 Å². The van der Waals surface area contributed by atoms with Gasteiger partial charge in [0.1, 0.15) is 0 Å². The van der Waals surface area contributed by atoms with Crippen molar-refractivity contribution >= 4 is 17.8 Å². The standard InChI is InChI=1S/C12H24N6O3/c1-19-7-4-13-10-16-11(14-5-8-20-2)18-12(17-10)15-6-9-21-3/h4-9H2,1-3H3,(H3,13,14,15,16,17,18).